The average molecular weight is 318 g/mol. The summed E-state index contributed by atoms with van der Waals surface area (Å²) < 4.78 is 5.47. The van der Waals surface area contributed by atoms with Crippen molar-refractivity contribution in [3.8, 4) is 5.75 Å². The highest BCUT2D eigenvalue weighted by Crippen LogP contribution is 2.29. The minimum absolute atomic E-state index is 0.0250. The van der Waals surface area contributed by atoms with E-state index in [1.54, 1.807) is 0 Å². The molecule has 0 atom stereocenters. The summed E-state index contributed by atoms with van der Waals surface area (Å²) >= 11 is 6.23. The van der Waals surface area contributed by atoms with E-state index in [1.807, 2.05) is 49.4 Å². The van der Waals surface area contributed by atoms with Crippen molar-refractivity contribution >= 4 is 23.2 Å². The number of halogens is 1. The molecule has 116 valence electrons. The monoisotopic (exact) mass is 317 g/mol. The first-order valence-electron chi connectivity index (χ1n) is 7.43. The molecular formula is C18H20ClNO2. The molecule has 2 aromatic carbocycles. The van der Waals surface area contributed by atoms with Gasteiger partial charge in [-0.25, -0.2) is 0 Å². The lowest BCUT2D eigenvalue weighted by atomic mass is 10.0. The average Bonchev–Trinajstić information content (AvgIpc) is 2.54. The van der Waals surface area contributed by atoms with Crippen LogP contribution in [0.1, 0.15) is 25.0 Å². The summed E-state index contributed by atoms with van der Waals surface area (Å²) in [6, 6.07) is 13.1. The summed E-state index contributed by atoms with van der Waals surface area (Å²) in [6.45, 7) is 4.05. The Morgan fingerprint density at radius 1 is 1.09 bits per heavy atom. The van der Waals surface area contributed by atoms with Crippen LogP contribution in [0.3, 0.4) is 0 Å². The van der Waals surface area contributed by atoms with Crippen LogP contribution in [-0.4, -0.2) is 12.5 Å². The number of carbonyl (C=O) groups is 1. The van der Waals surface area contributed by atoms with Crippen molar-refractivity contribution in [1.82, 2.24) is 0 Å². The van der Waals surface area contributed by atoms with Gasteiger partial charge in [-0.05, 0) is 42.2 Å². The highest BCUT2D eigenvalue weighted by Gasteiger charge is 2.13. The maximum absolute atomic E-state index is 12.2. The molecule has 3 nitrogen and oxygen atoms in total. The molecule has 4 heteroatoms. The number of carbonyl (C=O) groups excluding carboxylic acids is 1. The van der Waals surface area contributed by atoms with Gasteiger partial charge in [0.05, 0.1) is 0 Å². The number of aryl methyl sites for hydroxylation is 1. The van der Waals surface area contributed by atoms with Gasteiger partial charge < -0.3 is 10.1 Å². The number of hydrogen-bond acceptors (Lipinski definition) is 2. The summed E-state index contributed by atoms with van der Waals surface area (Å²) in [5.41, 5.74) is 2.86. The van der Waals surface area contributed by atoms with Crippen molar-refractivity contribution in [2.45, 2.75) is 26.7 Å². The van der Waals surface area contributed by atoms with Gasteiger partial charge >= 0.3 is 0 Å². The standard InChI is InChI=1S/C18H20ClNO2/c1-3-13-10-11-16(19)15(4-2)18(13)20-17(21)12-22-14-8-6-5-7-9-14/h5-11H,3-4,12H2,1-2H3,(H,20,21). The summed E-state index contributed by atoms with van der Waals surface area (Å²) in [5.74, 6) is 0.491. The van der Waals surface area contributed by atoms with Crippen LogP contribution >= 0.6 is 11.6 Å². The molecule has 2 aromatic rings. The number of anilines is 1. The van der Waals surface area contributed by atoms with E-state index in [0.29, 0.717) is 10.8 Å². The third kappa shape index (κ3) is 4.01. The Bertz CT molecular complexity index is 641. The molecule has 0 saturated heterocycles. The Morgan fingerprint density at radius 3 is 2.45 bits per heavy atom. The largest absolute Gasteiger partial charge is 0.484 e. The van der Waals surface area contributed by atoms with Crippen LogP contribution in [0.15, 0.2) is 42.5 Å². The van der Waals surface area contributed by atoms with Crippen LogP contribution in [0.25, 0.3) is 0 Å². The van der Waals surface area contributed by atoms with E-state index in [-0.39, 0.29) is 12.5 Å². The molecule has 0 aliphatic carbocycles. The number of ether oxygens (including phenoxy) is 1. The highest BCUT2D eigenvalue weighted by molar-refractivity contribution is 6.32. The fourth-order valence-electron chi connectivity index (χ4n) is 2.31. The zero-order valence-electron chi connectivity index (χ0n) is 12.9. The quantitative estimate of drug-likeness (QED) is 0.853. The molecule has 1 N–H and O–H groups in total. The molecular weight excluding hydrogens is 298 g/mol. The normalized spacial score (nSPS) is 10.3. The lowest BCUT2D eigenvalue weighted by molar-refractivity contribution is -0.118. The number of amides is 1. The van der Waals surface area contributed by atoms with E-state index in [2.05, 4.69) is 12.2 Å². The molecule has 1 amide bonds. The van der Waals surface area contributed by atoms with E-state index in [1.165, 1.54) is 0 Å². The second-order valence-corrected chi connectivity index (χ2v) is 5.32. The summed E-state index contributed by atoms with van der Waals surface area (Å²) in [5, 5.41) is 3.62. The Hall–Kier alpha value is -2.00. The van der Waals surface area contributed by atoms with Gasteiger partial charge in [0.1, 0.15) is 5.75 Å². The molecule has 0 spiro atoms. The Labute approximate surface area is 136 Å². The molecule has 2 rings (SSSR count). The molecule has 0 aliphatic rings. The van der Waals surface area contributed by atoms with Crippen LogP contribution in [0.4, 0.5) is 5.69 Å². The number of hydrogen-bond donors (Lipinski definition) is 1. The number of benzene rings is 2. The zero-order chi connectivity index (χ0) is 15.9. The van der Waals surface area contributed by atoms with Crippen molar-refractivity contribution in [3.63, 3.8) is 0 Å². The molecule has 0 saturated carbocycles. The summed E-state index contributed by atoms with van der Waals surface area (Å²) in [6.07, 6.45) is 1.60. The van der Waals surface area contributed by atoms with Crippen molar-refractivity contribution in [3.05, 3.63) is 58.6 Å². The fourth-order valence-corrected chi connectivity index (χ4v) is 2.60. The Balaban J connectivity index is 2.09. The molecule has 0 heterocycles. The molecule has 22 heavy (non-hydrogen) atoms. The minimum Gasteiger partial charge on any atom is -0.484 e. The number of para-hydroxylation sites is 1. The lowest BCUT2D eigenvalue weighted by Crippen LogP contribution is -2.21. The molecule has 0 aromatic heterocycles. The minimum atomic E-state index is -0.185. The van der Waals surface area contributed by atoms with Crippen molar-refractivity contribution in [1.29, 1.82) is 0 Å². The topological polar surface area (TPSA) is 38.3 Å². The third-order valence-electron chi connectivity index (χ3n) is 3.45. The smallest absolute Gasteiger partial charge is 0.262 e. The second kappa shape index (κ2) is 7.85. The summed E-state index contributed by atoms with van der Waals surface area (Å²) in [7, 11) is 0. The second-order valence-electron chi connectivity index (χ2n) is 4.92. The first kappa shape index (κ1) is 16.4. The van der Waals surface area contributed by atoms with E-state index in [0.717, 1.165) is 29.7 Å². The lowest BCUT2D eigenvalue weighted by Gasteiger charge is -2.16. The SMILES string of the molecule is CCc1ccc(Cl)c(CC)c1NC(=O)COc1ccccc1. The Morgan fingerprint density at radius 2 is 1.82 bits per heavy atom. The summed E-state index contributed by atoms with van der Waals surface area (Å²) in [4.78, 5) is 12.2. The maximum Gasteiger partial charge on any atom is 0.262 e. The van der Waals surface area contributed by atoms with Crippen LogP contribution in [-0.2, 0) is 17.6 Å². The first-order valence-corrected chi connectivity index (χ1v) is 7.81. The van der Waals surface area contributed by atoms with Gasteiger partial charge in [-0.3, -0.25) is 4.79 Å². The number of nitrogens with one attached hydrogen (secondary N) is 1. The van der Waals surface area contributed by atoms with Crippen molar-refractivity contribution in [2.24, 2.45) is 0 Å². The maximum atomic E-state index is 12.2. The van der Waals surface area contributed by atoms with Crippen molar-refractivity contribution in [2.75, 3.05) is 11.9 Å². The van der Waals surface area contributed by atoms with Crippen LogP contribution < -0.4 is 10.1 Å². The van der Waals surface area contributed by atoms with E-state index in [9.17, 15) is 4.79 Å². The van der Waals surface area contributed by atoms with Gasteiger partial charge in [-0.2, -0.15) is 0 Å². The zero-order valence-corrected chi connectivity index (χ0v) is 13.6. The first-order chi connectivity index (χ1) is 10.7. The highest BCUT2D eigenvalue weighted by atomic mass is 35.5. The van der Waals surface area contributed by atoms with Gasteiger partial charge in [-0.15, -0.1) is 0 Å². The van der Waals surface area contributed by atoms with Gasteiger partial charge in [0.2, 0.25) is 0 Å². The van der Waals surface area contributed by atoms with Gasteiger partial charge in [-0.1, -0.05) is 49.7 Å². The van der Waals surface area contributed by atoms with E-state index >= 15 is 0 Å². The van der Waals surface area contributed by atoms with E-state index < -0.39 is 0 Å². The predicted octanol–water partition coefficient (Wildman–Crippen LogP) is 4.48. The van der Waals surface area contributed by atoms with Crippen LogP contribution in [0.5, 0.6) is 5.75 Å². The fraction of sp³-hybridized carbons (Fsp3) is 0.278. The molecule has 0 aliphatic heterocycles. The molecule has 0 radical (unpaired) electrons. The van der Waals surface area contributed by atoms with Gasteiger partial charge in [0.15, 0.2) is 6.61 Å². The van der Waals surface area contributed by atoms with Gasteiger partial charge in [0.25, 0.3) is 5.91 Å². The van der Waals surface area contributed by atoms with Crippen LogP contribution in [0.2, 0.25) is 5.02 Å². The van der Waals surface area contributed by atoms with E-state index in [4.69, 9.17) is 16.3 Å². The molecule has 0 unspecified atom stereocenters. The molecule has 0 bridgehead atoms. The predicted molar refractivity (Wildman–Crippen MR) is 90.8 cm³/mol. The third-order valence-corrected chi connectivity index (χ3v) is 3.81. The van der Waals surface area contributed by atoms with Crippen LogP contribution in [0, 0.1) is 0 Å². The molecule has 0 fully saturated rings. The number of rotatable bonds is 6. The van der Waals surface area contributed by atoms with Crippen molar-refractivity contribution < 1.29 is 9.53 Å². The Kier molecular flexibility index (Phi) is 5.84. The van der Waals surface area contributed by atoms with Gasteiger partial charge in [0, 0.05) is 10.7 Å².